The molecule has 6 nitrogen and oxygen atoms in total. The van der Waals surface area contributed by atoms with E-state index in [1.54, 1.807) is 62.8 Å². The minimum Gasteiger partial charge on any atom is -0.497 e. The smallest absolute Gasteiger partial charge is 0.252 e. The van der Waals surface area contributed by atoms with Crippen LogP contribution in [-0.2, 0) is 6.54 Å². The number of halogens is 1. The van der Waals surface area contributed by atoms with E-state index in [0.29, 0.717) is 28.2 Å². The molecule has 0 aliphatic carbocycles. The van der Waals surface area contributed by atoms with Gasteiger partial charge in [0, 0.05) is 18.2 Å². The summed E-state index contributed by atoms with van der Waals surface area (Å²) >= 11 is 0. The molecule has 4 aromatic rings. The number of carbonyl (C=O) groups is 1. The van der Waals surface area contributed by atoms with Crippen LogP contribution in [0.25, 0.3) is 22.8 Å². The lowest BCUT2D eigenvalue weighted by Gasteiger charge is -2.11. The van der Waals surface area contributed by atoms with Crippen LogP contribution in [-0.4, -0.2) is 25.1 Å². The Hall–Kier alpha value is -4.13. The summed E-state index contributed by atoms with van der Waals surface area (Å²) in [5.41, 5.74) is 2.03. The molecule has 0 radical (unpaired) electrons. The molecule has 0 atom stereocenters. The fourth-order valence-electron chi connectivity index (χ4n) is 3.30. The topological polar surface area (TPSA) is 73.6 Å². The number of nitrogens with one attached hydrogen (secondary N) is 1. The van der Waals surface area contributed by atoms with Crippen LogP contribution >= 0.6 is 0 Å². The minimum atomic E-state index is -0.407. The monoisotopic (exact) mass is 432 g/mol. The number of aromatic nitrogens is 1. The van der Waals surface area contributed by atoms with Crippen LogP contribution in [0.5, 0.6) is 11.5 Å². The van der Waals surface area contributed by atoms with Gasteiger partial charge in [-0.15, -0.1) is 0 Å². The molecule has 162 valence electrons. The Balaban J connectivity index is 1.57. The molecule has 1 aromatic heterocycles. The van der Waals surface area contributed by atoms with E-state index in [1.807, 2.05) is 12.1 Å². The van der Waals surface area contributed by atoms with E-state index in [1.165, 1.54) is 12.3 Å². The van der Waals surface area contributed by atoms with Crippen LogP contribution < -0.4 is 14.8 Å². The number of hydrogen-bond donors (Lipinski definition) is 1. The molecule has 0 unspecified atom stereocenters. The fourth-order valence-corrected chi connectivity index (χ4v) is 3.30. The predicted octanol–water partition coefficient (Wildman–Crippen LogP) is 5.09. The van der Waals surface area contributed by atoms with E-state index >= 15 is 0 Å². The van der Waals surface area contributed by atoms with Gasteiger partial charge in [0.25, 0.3) is 5.91 Å². The highest BCUT2D eigenvalue weighted by Gasteiger charge is 2.18. The third-order valence-electron chi connectivity index (χ3n) is 4.91. The Kier molecular flexibility index (Phi) is 6.17. The summed E-state index contributed by atoms with van der Waals surface area (Å²) in [5.74, 6) is 1.08. The molecule has 0 aliphatic rings. The first-order chi connectivity index (χ1) is 15.6. The number of oxazole rings is 1. The minimum absolute atomic E-state index is 0.233. The van der Waals surface area contributed by atoms with Gasteiger partial charge < -0.3 is 19.2 Å². The van der Waals surface area contributed by atoms with E-state index in [9.17, 15) is 9.18 Å². The number of methoxy groups -OCH3 is 2. The average Bonchev–Trinajstić information content (AvgIpc) is 3.32. The van der Waals surface area contributed by atoms with Gasteiger partial charge in [0.05, 0.1) is 31.5 Å². The summed E-state index contributed by atoms with van der Waals surface area (Å²) < 4.78 is 30.4. The first-order valence-electron chi connectivity index (χ1n) is 9.89. The molecule has 7 heteroatoms. The lowest BCUT2D eigenvalue weighted by molar-refractivity contribution is 0.0951. The molecule has 0 aliphatic heterocycles. The Labute approximate surface area is 184 Å². The zero-order valence-electron chi connectivity index (χ0n) is 17.6. The molecule has 1 N–H and O–H groups in total. The molecule has 4 rings (SSSR count). The van der Waals surface area contributed by atoms with E-state index in [0.717, 1.165) is 5.56 Å². The van der Waals surface area contributed by atoms with Crippen molar-refractivity contribution in [3.05, 3.63) is 89.9 Å². The Morgan fingerprint density at radius 2 is 1.62 bits per heavy atom. The zero-order chi connectivity index (χ0) is 22.5. The van der Waals surface area contributed by atoms with Crippen LogP contribution in [0.15, 0.2) is 77.3 Å². The standard InChI is InChI=1S/C25H21FN2O4/c1-30-17-11-16(12-18(13-17)31-2)14-27-24(29)19-7-3-4-8-20(19)25-28-15-23(32-25)21-9-5-6-10-22(21)26/h3-13,15H,14H2,1-2H3,(H,27,29). The summed E-state index contributed by atoms with van der Waals surface area (Å²) in [6.45, 7) is 0.271. The molecule has 0 saturated heterocycles. The molecular formula is C25H21FN2O4. The molecule has 1 amide bonds. The number of amides is 1. The number of nitrogens with zero attached hydrogens (tertiary/aromatic N) is 1. The van der Waals surface area contributed by atoms with Crippen molar-refractivity contribution in [1.29, 1.82) is 0 Å². The Morgan fingerprint density at radius 1 is 0.969 bits per heavy atom. The molecular weight excluding hydrogens is 411 g/mol. The largest absolute Gasteiger partial charge is 0.497 e. The van der Waals surface area contributed by atoms with Crippen LogP contribution in [0.2, 0.25) is 0 Å². The van der Waals surface area contributed by atoms with Gasteiger partial charge in [-0.05, 0) is 42.0 Å². The lowest BCUT2D eigenvalue weighted by atomic mass is 10.1. The third-order valence-corrected chi connectivity index (χ3v) is 4.91. The van der Waals surface area contributed by atoms with E-state index in [4.69, 9.17) is 13.9 Å². The summed E-state index contributed by atoms with van der Waals surface area (Å²) in [5, 5.41) is 2.90. The summed E-state index contributed by atoms with van der Waals surface area (Å²) in [4.78, 5) is 17.2. The first kappa shape index (κ1) is 21.1. The van der Waals surface area contributed by atoms with Crippen LogP contribution in [0, 0.1) is 5.82 Å². The maximum absolute atomic E-state index is 14.1. The highest BCUT2D eigenvalue weighted by atomic mass is 19.1. The van der Waals surface area contributed by atoms with Crippen molar-refractivity contribution in [2.75, 3.05) is 14.2 Å². The van der Waals surface area contributed by atoms with Crippen LogP contribution in [0.4, 0.5) is 4.39 Å². The quantitative estimate of drug-likeness (QED) is 0.440. The van der Waals surface area contributed by atoms with Crippen molar-refractivity contribution in [2.45, 2.75) is 6.54 Å². The van der Waals surface area contributed by atoms with E-state index in [-0.39, 0.29) is 24.1 Å². The van der Waals surface area contributed by atoms with Crippen LogP contribution in [0.3, 0.4) is 0 Å². The average molecular weight is 432 g/mol. The predicted molar refractivity (Wildman–Crippen MR) is 118 cm³/mol. The second-order valence-electron chi connectivity index (χ2n) is 6.96. The molecule has 0 spiro atoms. The number of carbonyl (C=O) groups excluding carboxylic acids is 1. The van der Waals surface area contributed by atoms with Crippen molar-refractivity contribution >= 4 is 5.91 Å². The van der Waals surface area contributed by atoms with Crippen molar-refractivity contribution in [3.63, 3.8) is 0 Å². The van der Waals surface area contributed by atoms with Gasteiger partial charge in [0.15, 0.2) is 5.76 Å². The number of rotatable bonds is 7. The van der Waals surface area contributed by atoms with Gasteiger partial charge in [-0.1, -0.05) is 24.3 Å². The van der Waals surface area contributed by atoms with Gasteiger partial charge in [-0.2, -0.15) is 0 Å². The van der Waals surface area contributed by atoms with Crippen molar-refractivity contribution in [2.24, 2.45) is 0 Å². The normalized spacial score (nSPS) is 10.6. The van der Waals surface area contributed by atoms with Gasteiger partial charge >= 0.3 is 0 Å². The van der Waals surface area contributed by atoms with E-state index in [2.05, 4.69) is 10.3 Å². The first-order valence-corrected chi connectivity index (χ1v) is 9.89. The second kappa shape index (κ2) is 9.34. The Bertz CT molecular complexity index is 1230. The number of benzene rings is 3. The van der Waals surface area contributed by atoms with Gasteiger partial charge in [0.1, 0.15) is 17.3 Å². The van der Waals surface area contributed by atoms with Gasteiger partial charge in [-0.3, -0.25) is 4.79 Å². The highest BCUT2D eigenvalue weighted by molar-refractivity contribution is 6.00. The van der Waals surface area contributed by atoms with Crippen molar-refractivity contribution < 1.29 is 23.1 Å². The third kappa shape index (κ3) is 4.46. The van der Waals surface area contributed by atoms with E-state index < -0.39 is 5.82 Å². The van der Waals surface area contributed by atoms with Crippen molar-refractivity contribution in [3.8, 4) is 34.3 Å². The number of hydrogen-bond acceptors (Lipinski definition) is 5. The summed E-state index contributed by atoms with van der Waals surface area (Å²) in [6, 6.07) is 18.7. The molecule has 0 fully saturated rings. The molecule has 3 aromatic carbocycles. The Morgan fingerprint density at radius 3 is 2.31 bits per heavy atom. The molecule has 0 bridgehead atoms. The SMILES string of the molecule is COc1cc(CNC(=O)c2ccccc2-c2ncc(-c3ccccc3F)o2)cc(OC)c1. The van der Waals surface area contributed by atoms with Gasteiger partial charge in [-0.25, -0.2) is 9.37 Å². The second-order valence-corrected chi connectivity index (χ2v) is 6.96. The zero-order valence-corrected chi connectivity index (χ0v) is 17.6. The maximum atomic E-state index is 14.1. The maximum Gasteiger partial charge on any atom is 0.252 e. The summed E-state index contributed by atoms with van der Waals surface area (Å²) in [6.07, 6.45) is 1.45. The molecule has 0 saturated carbocycles. The van der Waals surface area contributed by atoms with Gasteiger partial charge in [0.2, 0.25) is 5.89 Å². The fraction of sp³-hybridized carbons (Fsp3) is 0.120. The van der Waals surface area contributed by atoms with Crippen LogP contribution in [0.1, 0.15) is 15.9 Å². The van der Waals surface area contributed by atoms with Crippen molar-refractivity contribution in [1.82, 2.24) is 10.3 Å². The molecule has 1 heterocycles. The molecule has 32 heavy (non-hydrogen) atoms. The highest BCUT2D eigenvalue weighted by Crippen LogP contribution is 2.29. The lowest BCUT2D eigenvalue weighted by Crippen LogP contribution is -2.23. The number of ether oxygens (including phenoxy) is 2. The summed E-state index contributed by atoms with van der Waals surface area (Å²) in [7, 11) is 3.14.